The van der Waals surface area contributed by atoms with Crippen molar-refractivity contribution in [3.05, 3.63) is 142 Å². The van der Waals surface area contributed by atoms with Crippen molar-refractivity contribution >= 4 is 43.6 Å². The summed E-state index contributed by atoms with van der Waals surface area (Å²) in [6, 6.07) is 29.7. The van der Waals surface area contributed by atoms with Gasteiger partial charge in [0.05, 0.1) is 44.6 Å². The Morgan fingerprint density at radius 2 is 0.689 bits per heavy atom. The fourth-order valence-electron chi connectivity index (χ4n) is 8.50. The minimum atomic E-state index is -2.25. The number of hydrogen-bond donors (Lipinski definition) is 0. The lowest BCUT2D eigenvalue weighted by Gasteiger charge is -2.23. The Morgan fingerprint density at radius 3 is 0.984 bits per heavy atom. The second kappa shape index (κ2) is 13.8. The van der Waals surface area contributed by atoms with Crippen molar-refractivity contribution in [1.82, 2.24) is 9.13 Å². The van der Waals surface area contributed by atoms with Gasteiger partial charge in [0.15, 0.2) is 23.3 Å². The number of hydrogen-bond acceptors (Lipinski definition) is 1. The predicted molar refractivity (Wildman–Crippen MR) is 240 cm³/mol. The topological polar surface area (TPSA) is 33.6 Å². The van der Waals surface area contributed by atoms with Gasteiger partial charge in [-0.2, -0.15) is 5.26 Å². The Hall–Kier alpha value is -5.94. The first-order chi connectivity index (χ1) is 28.3. The van der Waals surface area contributed by atoms with Crippen molar-refractivity contribution in [3.8, 4) is 28.6 Å². The normalized spacial score (nSPS) is 13.0. The van der Waals surface area contributed by atoms with Crippen molar-refractivity contribution in [2.24, 2.45) is 0 Å². The molecule has 8 heteroatoms. The first-order valence-corrected chi connectivity index (χ1v) is 20.6. The van der Waals surface area contributed by atoms with Gasteiger partial charge in [-0.05, 0) is 80.3 Å². The summed E-state index contributed by atoms with van der Waals surface area (Å²) in [5, 5.41) is 14.6. The quantitative estimate of drug-likeness (QED) is 0.0993. The third-order valence-corrected chi connectivity index (χ3v) is 12.2. The van der Waals surface area contributed by atoms with Crippen LogP contribution in [0.15, 0.2) is 84.9 Å². The van der Waals surface area contributed by atoms with Crippen LogP contribution in [0.4, 0.5) is 22.0 Å². The molecule has 0 aliphatic carbocycles. The van der Waals surface area contributed by atoms with E-state index >= 15 is 17.6 Å². The van der Waals surface area contributed by atoms with E-state index in [-0.39, 0.29) is 44.2 Å². The lowest BCUT2D eigenvalue weighted by atomic mass is 9.86. The fraction of sp³-hybridized carbons (Fsp3) is 0.302. The zero-order chi connectivity index (χ0) is 44.5. The molecular weight excluding hydrogens is 774 g/mol. The third kappa shape index (κ3) is 6.68. The largest absolute Gasteiger partial charge is 0.309 e. The van der Waals surface area contributed by atoms with E-state index in [1.54, 1.807) is 0 Å². The van der Waals surface area contributed by atoms with Crippen LogP contribution in [-0.4, -0.2) is 9.13 Å². The highest BCUT2D eigenvalue weighted by molar-refractivity contribution is 6.12. The number of nitrogens with zero attached hydrogens (tertiary/aromatic N) is 3. The van der Waals surface area contributed by atoms with E-state index in [2.05, 4.69) is 101 Å². The average Bonchev–Trinajstić information content (AvgIpc) is 3.69. The van der Waals surface area contributed by atoms with Crippen LogP contribution in [0.1, 0.15) is 111 Å². The van der Waals surface area contributed by atoms with Crippen molar-refractivity contribution in [3.63, 3.8) is 0 Å². The molecule has 0 amide bonds. The van der Waals surface area contributed by atoms with Gasteiger partial charge in [0.25, 0.3) is 0 Å². The summed E-state index contributed by atoms with van der Waals surface area (Å²) in [5.41, 5.74) is 4.61. The summed E-state index contributed by atoms with van der Waals surface area (Å²) < 4.78 is 82.5. The zero-order valence-corrected chi connectivity index (χ0v) is 36.8. The van der Waals surface area contributed by atoms with Crippen molar-refractivity contribution in [2.45, 2.75) is 105 Å². The van der Waals surface area contributed by atoms with Crippen LogP contribution in [-0.2, 0) is 21.7 Å². The van der Waals surface area contributed by atoms with Gasteiger partial charge in [-0.15, -0.1) is 0 Å². The summed E-state index contributed by atoms with van der Waals surface area (Å²) in [6.45, 7) is 25.0. The zero-order valence-electron chi connectivity index (χ0n) is 36.8. The molecule has 6 aromatic carbocycles. The molecule has 312 valence electrons. The van der Waals surface area contributed by atoms with Crippen molar-refractivity contribution in [2.75, 3.05) is 0 Å². The SMILES string of the molecule is CC(C)(C)c1ccc2c3ccc(C(C)(C)C)cc3n(-c3cc(-c4c(F)c(F)c(F)c(F)c4F)c(-n4c5cc(C(C)(C)C)ccc5c5ccc(C(C)(C)C)cc54)cc3C#N)c2c1. The number of aromatic nitrogens is 2. The van der Waals surface area contributed by atoms with Crippen LogP contribution in [0.3, 0.4) is 0 Å². The van der Waals surface area contributed by atoms with Gasteiger partial charge in [-0.3, -0.25) is 0 Å². The maximum Gasteiger partial charge on any atom is 0.200 e. The van der Waals surface area contributed by atoms with E-state index in [0.717, 1.165) is 54.8 Å². The Labute approximate surface area is 354 Å². The molecule has 0 N–H and O–H groups in total. The maximum atomic E-state index is 16.5. The van der Waals surface area contributed by atoms with Crippen LogP contribution >= 0.6 is 0 Å². The Balaban J connectivity index is 1.62. The van der Waals surface area contributed by atoms with Gasteiger partial charge < -0.3 is 9.13 Å². The van der Waals surface area contributed by atoms with E-state index in [9.17, 15) is 9.65 Å². The molecule has 0 saturated carbocycles. The second-order valence-electron chi connectivity index (χ2n) is 20.5. The van der Waals surface area contributed by atoms with Gasteiger partial charge in [0.2, 0.25) is 5.82 Å². The summed E-state index contributed by atoms with van der Waals surface area (Å²) in [6.07, 6.45) is 0. The van der Waals surface area contributed by atoms with Gasteiger partial charge in [0.1, 0.15) is 6.07 Å². The lowest BCUT2D eigenvalue weighted by Crippen LogP contribution is -2.12. The molecule has 61 heavy (non-hydrogen) atoms. The minimum Gasteiger partial charge on any atom is -0.309 e. The van der Waals surface area contributed by atoms with E-state index in [1.165, 1.54) is 12.1 Å². The van der Waals surface area contributed by atoms with E-state index in [1.807, 2.05) is 69.8 Å². The van der Waals surface area contributed by atoms with Gasteiger partial charge in [-0.1, -0.05) is 132 Å². The minimum absolute atomic E-state index is 0.0900. The third-order valence-electron chi connectivity index (χ3n) is 12.2. The summed E-state index contributed by atoms with van der Waals surface area (Å²) >= 11 is 0. The number of nitriles is 1. The molecule has 0 aliphatic rings. The lowest BCUT2D eigenvalue weighted by molar-refractivity contribution is 0.381. The van der Waals surface area contributed by atoms with E-state index in [4.69, 9.17) is 0 Å². The molecule has 8 aromatic rings. The molecular formula is C53H50F5N3. The molecule has 0 aliphatic heterocycles. The average molecular weight is 824 g/mol. The molecule has 0 fully saturated rings. The molecule has 3 nitrogen and oxygen atoms in total. The first kappa shape index (κ1) is 41.8. The summed E-state index contributed by atoms with van der Waals surface area (Å²) in [7, 11) is 0. The van der Waals surface area contributed by atoms with Crippen LogP contribution in [0, 0.1) is 40.4 Å². The monoisotopic (exact) mass is 823 g/mol. The molecule has 0 atom stereocenters. The summed E-state index contributed by atoms with van der Waals surface area (Å²) in [4.78, 5) is 0. The highest BCUT2D eigenvalue weighted by atomic mass is 19.2. The summed E-state index contributed by atoms with van der Waals surface area (Å²) in [5.74, 6) is -10.3. The van der Waals surface area contributed by atoms with Gasteiger partial charge in [-0.25, -0.2) is 22.0 Å². The molecule has 0 unspecified atom stereocenters. The highest BCUT2D eigenvalue weighted by Crippen LogP contribution is 2.45. The molecule has 0 bridgehead atoms. The number of rotatable bonds is 3. The van der Waals surface area contributed by atoms with Crippen LogP contribution in [0.2, 0.25) is 0 Å². The Morgan fingerprint density at radius 1 is 0.393 bits per heavy atom. The molecule has 2 heterocycles. The Kier molecular flexibility index (Phi) is 9.44. The van der Waals surface area contributed by atoms with E-state index in [0.29, 0.717) is 11.0 Å². The van der Waals surface area contributed by atoms with Crippen molar-refractivity contribution in [1.29, 1.82) is 5.26 Å². The van der Waals surface area contributed by atoms with Crippen molar-refractivity contribution < 1.29 is 22.0 Å². The first-order valence-electron chi connectivity index (χ1n) is 20.6. The highest BCUT2D eigenvalue weighted by Gasteiger charge is 2.32. The smallest absolute Gasteiger partial charge is 0.200 e. The maximum absolute atomic E-state index is 16.5. The van der Waals surface area contributed by atoms with Gasteiger partial charge >= 0.3 is 0 Å². The number of fused-ring (bicyclic) bond motifs is 6. The van der Waals surface area contributed by atoms with E-state index < -0.39 is 34.6 Å². The molecule has 0 spiro atoms. The van der Waals surface area contributed by atoms with Crippen LogP contribution in [0.5, 0.6) is 0 Å². The predicted octanol–water partition coefficient (Wildman–Crippen LogP) is 15.3. The number of halogens is 5. The van der Waals surface area contributed by atoms with Gasteiger partial charge in [0, 0.05) is 27.1 Å². The second-order valence-corrected chi connectivity index (χ2v) is 20.5. The number of benzene rings is 6. The van der Waals surface area contributed by atoms with Crippen LogP contribution in [0.25, 0.3) is 66.1 Å². The molecule has 0 saturated heterocycles. The fourth-order valence-corrected chi connectivity index (χ4v) is 8.50. The molecule has 0 radical (unpaired) electrons. The molecule has 8 rings (SSSR count). The standard InChI is InChI=1S/C53H50F5N3/c1-50(2,3)29-13-17-33-34-18-14-30(51(4,5)6)23-41(34)60(40(33)22-29)38-26-37(44-45(54)47(56)49(58)48(57)46(44)55)39(21-28(38)27-59)61-42-24-31(52(7,8)9)15-19-35(42)36-20-16-32(25-43(36)61)53(10,11)12/h13-26H,1-12H3. The van der Waals surface area contributed by atoms with Crippen LogP contribution < -0.4 is 0 Å². The molecule has 2 aromatic heterocycles. The Bertz CT molecular complexity index is 3010.